The van der Waals surface area contributed by atoms with Crippen molar-refractivity contribution in [2.45, 2.75) is 65.0 Å². The third kappa shape index (κ3) is 4.75. The molecule has 0 aromatic heterocycles. The summed E-state index contributed by atoms with van der Waals surface area (Å²) in [4.78, 5) is 15.2. The first-order valence-electron chi connectivity index (χ1n) is 11.0. The summed E-state index contributed by atoms with van der Waals surface area (Å²) in [5.41, 5.74) is 2.12. The monoisotopic (exact) mass is 394 g/mol. The van der Waals surface area contributed by atoms with Crippen LogP contribution in [0.2, 0.25) is 0 Å². The van der Waals surface area contributed by atoms with Gasteiger partial charge in [0.25, 0.3) is 5.91 Å². The number of unbranched alkanes of at least 4 members (excludes halogenated alkanes) is 4. The Balaban J connectivity index is 1.79. The molecule has 3 rings (SSSR count). The molecular weight excluding hydrogens is 360 g/mol. The van der Waals surface area contributed by atoms with Crippen molar-refractivity contribution in [1.29, 1.82) is 0 Å². The summed E-state index contributed by atoms with van der Waals surface area (Å²) in [6, 6.07) is 16.0. The Morgan fingerprint density at radius 1 is 0.931 bits per heavy atom. The zero-order valence-corrected chi connectivity index (χ0v) is 18.0. The lowest BCUT2D eigenvalue weighted by Crippen LogP contribution is -2.56. The van der Waals surface area contributed by atoms with Crippen LogP contribution in [0.1, 0.15) is 75.2 Å². The van der Waals surface area contributed by atoms with Crippen LogP contribution in [-0.4, -0.2) is 24.0 Å². The van der Waals surface area contributed by atoms with E-state index >= 15 is 0 Å². The highest BCUT2D eigenvalue weighted by Gasteiger charge is 2.41. The Kier molecular flexibility index (Phi) is 7.18. The molecule has 1 heterocycles. The van der Waals surface area contributed by atoms with Gasteiger partial charge in [0.15, 0.2) is 0 Å². The molecule has 1 atom stereocenters. The Hall–Kier alpha value is -2.49. The lowest BCUT2D eigenvalue weighted by atomic mass is 9.93. The number of carbonyl (C=O) groups excluding carboxylic acids is 1. The summed E-state index contributed by atoms with van der Waals surface area (Å²) in [7, 11) is 0. The molecule has 1 unspecified atom stereocenters. The Morgan fingerprint density at radius 2 is 1.66 bits per heavy atom. The molecule has 0 fully saturated rings. The van der Waals surface area contributed by atoms with Gasteiger partial charge in [-0.25, -0.2) is 0 Å². The third-order valence-corrected chi connectivity index (χ3v) is 5.74. The largest absolute Gasteiger partial charge is 0.494 e. The molecule has 2 aromatic rings. The number of fused-ring (bicyclic) bond motifs is 1. The maximum absolute atomic E-state index is 13.3. The molecule has 0 aliphatic carbocycles. The van der Waals surface area contributed by atoms with E-state index in [1.807, 2.05) is 41.3 Å². The zero-order valence-electron chi connectivity index (χ0n) is 18.0. The van der Waals surface area contributed by atoms with Crippen LogP contribution in [0.15, 0.2) is 48.5 Å². The fourth-order valence-electron chi connectivity index (χ4n) is 3.92. The minimum atomic E-state index is -0.583. The minimum Gasteiger partial charge on any atom is -0.494 e. The number of rotatable bonds is 10. The minimum absolute atomic E-state index is 0.0894. The summed E-state index contributed by atoms with van der Waals surface area (Å²) in [6.07, 6.45) is 6.82. The Bertz CT molecular complexity index is 803. The summed E-state index contributed by atoms with van der Waals surface area (Å²) in [5, 5.41) is 3.63. The van der Waals surface area contributed by atoms with Gasteiger partial charge in [0.05, 0.1) is 12.2 Å². The van der Waals surface area contributed by atoms with E-state index in [9.17, 15) is 4.79 Å². The van der Waals surface area contributed by atoms with Crippen molar-refractivity contribution in [3.8, 4) is 5.75 Å². The van der Waals surface area contributed by atoms with E-state index in [0.29, 0.717) is 0 Å². The molecule has 0 radical (unpaired) electrons. The van der Waals surface area contributed by atoms with Crippen LogP contribution < -0.4 is 10.1 Å². The van der Waals surface area contributed by atoms with E-state index in [2.05, 4.69) is 38.2 Å². The number of hydrogen-bond donors (Lipinski definition) is 1. The first-order chi connectivity index (χ1) is 14.1. The maximum Gasteiger partial charge on any atom is 0.258 e. The predicted molar refractivity (Wildman–Crippen MR) is 119 cm³/mol. The van der Waals surface area contributed by atoms with Crippen molar-refractivity contribution in [1.82, 2.24) is 4.90 Å². The quantitative estimate of drug-likeness (QED) is 0.489. The number of hydrogen-bond acceptors (Lipinski definition) is 3. The van der Waals surface area contributed by atoms with E-state index in [0.717, 1.165) is 55.0 Å². The molecule has 0 bridgehead atoms. The SMILES string of the molecule is CCCCCCOc1ccc(C2(C)Nc3ccccc3C(=O)N2CCCC)cc1. The van der Waals surface area contributed by atoms with Gasteiger partial charge in [-0.2, -0.15) is 0 Å². The van der Waals surface area contributed by atoms with Gasteiger partial charge in [-0.15, -0.1) is 0 Å². The molecule has 156 valence electrons. The molecule has 1 amide bonds. The van der Waals surface area contributed by atoms with Crippen LogP contribution in [0, 0.1) is 0 Å². The number of ether oxygens (including phenoxy) is 1. The molecule has 1 N–H and O–H groups in total. The number of nitrogens with zero attached hydrogens (tertiary/aromatic N) is 1. The normalized spacial score (nSPS) is 18.3. The van der Waals surface area contributed by atoms with E-state index in [-0.39, 0.29) is 5.91 Å². The second-order valence-electron chi connectivity index (χ2n) is 7.99. The van der Waals surface area contributed by atoms with E-state index in [1.165, 1.54) is 19.3 Å². The second-order valence-corrected chi connectivity index (χ2v) is 7.99. The molecule has 1 aliphatic heterocycles. The number of nitrogens with one attached hydrogen (secondary N) is 1. The highest BCUT2D eigenvalue weighted by molar-refractivity contribution is 6.02. The molecule has 29 heavy (non-hydrogen) atoms. The summed E-state index contributed by atoms with van der Waals surface area (Å²) < 4.78 is 5.90. The molecule has 0 saturated carbocycles. The predicted octanol–water partition coefficient (Wildman–Crippen LogP) is 6.19. The molecule has 0 spiro atoms. The summed E-state index contributed by atoms with van der Waals surface area (Å²) in [6.45, 7) is 7.94. The van der Waals surface area contributed by atoms with Gasteiger partial charge in [-0.3, -0.25) is 4.79 Å². The maximum atomic E-state index is 13.3. The van der Waals surface area contributed by atoms with Crippen LogP contribution in [0.3, 0.4) is 0 Å². The van der Waals surface area contributed by atoms with Crippen LogP contribution in [0.4, 0.5) is 5.69 Å². The summed E-state index contributed by atoms with van der Waals surface area (Å²) in [5.74, 6) is 0.975. The number of benzene rings is 2. The highest BCUT2D eigenvalue weighted by atomic mass is 16.5. The molecular formula is C25H34N2O2. The Morgan fingerprint density at radius 3 is 2.38 bits per heavy atom. The first-order valence-corrected chi connectivity index (χ1v) is 11.0. The van der Waals surface area contributed by atoms with Crippen molar-refractivity contribution in [2.75, 3.05) is 18.5 Å². The van der Waals surface area contributed by atoms with Gasteiger partial charge in [0.2, 0.25) is 0 Å². The van der Waals surface area contributed by atoms with Crippen molar-refractivity contribution in [3.05, 3.63) is 59.7 Å². The van der Waals surface area contributed by atoms with Crippen LogP contribution in [0.25, 0.3) is 0 Å². The van der Waals surface area contributed by atoms with Crippen molar-refractivity contribution in [2.24, 2.45) is 0 Å². The smallest absolute Gasteiger partial charge is 0.258 e. The second kappa shape index (κ2) is 9.82. The van der Waals surface area contributed by atoms with Crippen molar-refractivity contribution >= 4 is 11.6 Å². The van der Waals surface area contributed by atoms with Crippen LogP contribution >= 0.6 is 0 Å². The molecule has 1 aliphatic rings. The fourth-order valence-corrected chi connectivity index (χ4v) is 3.92. The van der Waals surface area contributed by atoms with Gasteiger partial charge < -0.3 is 15.0 Å². The average molecular weight is 395 g/mol. The van der Waals surface area contributed by atoms with E-state index < -0.39 is 5.66 Å². The number of carbonyl (C=O) groups is 1. The lowest BCUT2D eigenvalue weighted by Gasteiger charge is -2.47. The van der Waals surface area contributed by atoms with Crippen molar-refractivity contribution < 1.29 is 9.53 Å². The zero-order chi connectivity index (χ0) is 20.7. The number of anilines is 1. The van der Waals surface area contributed by atoms with Gasteiger partial charge in [-0.1, -0.05) is 63.8 Å². The third-order valence-electron chi connectivity index (χ3n) is 5.74. The summed E-state index contributed by atoms with van der Waals surface area (Å²) >= 11 is 0. The molecule has 0 saturated heterocycles. The van der Waals surface area contributed by atoms with E-state index in [1.54, 1.807) is 0 Å². The van der Waals surface area contributed by atoms with E-state index in [4.69, 9.17) is 4.74 Å². The van der Waals surface area contributed by atoms with Crippen molar-refractivity contribution in [3.63, 3.8) is 0 Å². The lowest BCUT2D eigenvalue weighted by molar-refractivity contribution is 0.0531. The average Bonchev–Trinajstić information content (AvgIpc) is 2.74. The van der Waals surface area contributed by atoms with Crippen LogP contribution in [0.5, 0.6) is 5.75 Å². The standard InChI is InChI=1S/C25H34N2O2/c1-4-6-8-11-19-29-21-16-14-20(15-17-21)25(3)26-23-13-10-9-12-22(23)24(28)27(25)18-7-5-2/h9-10,12-17,26H,4-8,11,18-19H2,1-3H3. The topological polar surface area (TPSA) is 41.6 Å². The Labute approximate surface area is 175 Å². The van der Waals surface area contributed by atoms with Gasteiger partial charge in [0.1, 0.15) is 11.4 Å². The van der Waals surface area contributed by atoms with Gasteiger partial charge >= 0.3 is 0 Å². The van der Waals surface area contributed by atoms with Gasteiger partial charge in [0, 0.05) is 12.2 Å². The molecule has 4 nitrogen and oxygen atoms in total. The highest BCUT2D eigenvalue weighted by Crippen LogP contribution is 2.38. The fraction of sp³-hybridized carbons (Fsp3) is 0.480. The first kappa shape index (κ1) is 21.2. The van der Waals surface area contributed by atoms with Crippen LogP contribution in [-0.2, 0) is 5.66 Å². The number of amides is 1. The molecule has 4 heteroatoms. The molecule has 2 aromatic carbocycles. The number of para-hydroxylation sites is 1. The van der Waals surface area contributed by atoms with Gasteiger partial charge in [-0.05, 0) is 49.6 Å².